The molecule has 1 saturated carbocycles. The Morgan fingerprint density at radius 2 is 2.00 bits per heavy atom. The third kappa shape index (κ3) is 0.420. The Hall–Kier alpha value is -0.0800. The molecule has 0 aromatic rings. The van der Waals surface area contributed by atoms with Crippen LogP contribution < -0.4 is 0 Å². The van der Waals surface area contributed by atoms with Gasteiger partial charge in [0.2, 0.25) is 0 Å². The number of aliphatic hydroxyl groups is 2. The van der Waals surface area contributed by atoms with Crippen LogP contribution in [0, 0.1) is 0 Å². The van der Waals surface area contributed by atoms with E-state index in [0.717, 1.165) is 0 Å². The van der Waals surface area contributed by atoms with Gasteiger partial charge in [0.05, 0.1) is 11.7 Å². The minimum Gasteiger partial charge on any atom is -0.390 e. The quantitative estimate of drug-likeness (QED) is 0.419. The molecule has 2 unspecified atom stereocenters. The maximum atomic E-state index is 8.65. The highest BCUT2D eigenvalue weighted by molar-refractivity contribution is 4.99. The van der Waals surface area contributed by atoms with Crippen molar-refractivity contribution in [3.8, 4) is 0 Å². The summed E-state index contributed by atoms with van der Waals surface area (Å²) >= 11 is 0. The molecule has 2 nitrogen and oxygen atoms in total. The molecule has 0 spiro atoms. The molecule has 0 aliphatic heterocycles. The van der Waals surface area contributed by atoms with Gasteiger partial charge in [-0.2, -0.15) is 0 Å². The Labute approximate surface area is 36.4 Å². The monoisotopic (exact) mass is 88.1 g/mol. The molecule has 6 heavy (non-hydrogen) atoms. The summed E-state index contributed by atoms with van der Waals surface area (Å²) in [7, 11) is 0. The maximum absolute atomic E-state index is 8.65. The standard InChI is InChI=1S/C4H8O2/c1-4(6)2-3(4)5/h3,5-6H,2H2,1H3. The zero-order valence-corrected chi connectivity index (χ0v) is 3.68. The van der Waals surface area contributed by atoms with E-state index in [0.29, 0.717) is 6.42 Å². The van der Waals surface area contributed by atoms with Crippen LogP contribution in [0.3, 0.4) is 0 Å². The van der Waals surface area contributed by atoms with Crippen LogP contribution in [-0.2, 0) is 0 Å². The summed E-state index contributed by atoms with van der Waals surface area (Å²) in [6, 6.07) is 0. The van der Waals surface area contributed by atoms with Crippen LogP contribution in [0.4, 0.5) is 0 Å². The lowest BCUT2D eigenvalue weighted by molar-refractivity contribution is 0.102. The Morgan fingerprint density at radius 3 is 2.00 bits per heavy atom. The zero-order chi connectivity index (χ0) is 4.78. The van der Waals surface area contributed by atoms with Gasteiger partial charge in [-0.3, -0.25) is 0 Å². The summed E-state index contributed by atoms with van der Waals surface area (Å²) in [5.74, 6) is 0. The Morgan fingerprint density at radius 1 is 1.83 bits per heavy atom. The molecule has 2 heteroatoms. The van der Waals surface area contributed by atoms with Gasteiger partial charge < -0.3 is 10.2 Å². The smallest absolute Gasteiger partial charge is 0.0904 e. The highest BCUT2D eigenvalue weighted by atomic mass is 16.4. The lowest BCUT2D eigenvalue weighted by atomic mass is 10.4. The van der Waals surface area contributed by atoms with Crippen molar-refractivity contribution in [2.24, 2.45) is 0 Å². The first kappa shape index (κ1) is 4.09. The van der Waals surface area contributed by atoms with Crippen molar-refractivity contribution in [1.82, 2.24) is 0 Å². The molecule has 1 fully saturated rings. The van der Waals surface area contributed by atoms with Gasteiger partial charge in [0.1, 0.15) is 0 Å². The Balaban J connectivity index is 2.41. The van der Waals surface area contributed by atoms with Gasteiger partial charge in [-0.25, -0.2) is 0 Å². The van der Waals surface area contributed by atoms with Crippen LogP contribution in [0.2, 0.25) is 0 Å². The SMILES string of the molecule is CC1(O)CC1O. The molecule has 0 heterocycles. The average Bonchev–Trinajstić information content (AvgIpc) is 1.73. The number of hydrogen-bond acceptors (Lipinski definition) is 2. The summed E-state index contributed by atoms with van der Waals surface area (Å²) in [5.41, 5.74) is -0.736. The van der Waals surface area contributed by atoms with Crippen molar-refractivity contribution in [2.45, 2.75) is 25.0 Å². The molecule has 36 valence electrons. The van der Waals surface area contributed by atoms with Gasteiger partial charge in [0, 0.05) is 6.42 Å². The number of rotatable bonds is 0. The lowest BCUT2D eigenvalue weighted by Crippen LogP contribution is -2.05. The van der Waals surface area contributed by atoms with Gasteiger partial charge in [0.25, 0.3) is 0 Å². The molecular formula is C4H8O2. The van der Waals surface area contributed by atoms with E-state index in [1.54, 1.807) is 6.92 Å². The van der Waals surface area contributed by atoms with Crippen molar-refractivity contribution in [2.75, 3.05) is 0 Å². The van der Waals surface area contributed by atoms with E-state index in [2.05, 4.69) is 0 Å². The first-order chi connectivity index (χ1) is 2.63. The van der Waals surface area contributed by atoms with Crippen molar-refractivity contribution in [3.05, 3.63) is 0 Å². The molecule has 1 aliphatic rings. The lowest BCUT2D eigenvalue weighted by Gasteiger charge is -1.91. The average molecular weight is 88.1 g/mol. The molecule has 0 bridgehead atoms. The second-order valence-corrected chi connectivity index (χ2v) is 2.08. The maximum Gasteiger partial charge on any atom is 0.0904 e. The molecule has 0 aromatic carbocycles. The van der Waals surface area contributed by atoms with Gasteiger partial charge in [-0.15, -0.1) is 0 Å². The minimum atomic E-state index is -0.736. The van der Waals surface area contributed by atoms with Crippen molar-refractivity contribution >= 4 is 0 Å². The molecule has 2 atom stereocenters. The molecule has 0 saturated heterocycles. The fraction of sp³-hybridized carbons (Fsp3) is 1.00. The summed E-state index contributed by atoms with van der Waals surface area (Å²) in [5, 5.41) is 17.1. The summed E-state index contributed by atoms with van der Waals surface area (Å²) in [6.45, 7) is 1.62. The van der Waals surface area contributed by atoms with E-state index in [-0.39, 0.29) is 0 Å². The van der Waals surface area contributed by atoms with E-state index >= 15 is 0 Å². The Kier molecular flexibility index (Phi) is 0.524. The van der Waals surface area contributed by atoms with Gasteiger partial charge in [-0.05, 0) is 6.92 Å². The molecule has 1 rings (SSSR count). The fourth-order valence-electron chi connectivity index (χ4n) is 0.333. The van der Waals surface area contributed by atoms with E-state index < -0.39 is 11.7 Å². The largest absolute Gasteiger partial charge is 0.390 e. The van der Waals surface area contributed by atoms with Gasteiger partial charge >= 0.3 is 0 Å². The predicted octanol–water partition coefficient (Wildman–Crippen LogP) is -0.498. The number of hydrogen-bond donors (Lipinski definition) is 2. The second kappa shape index (κ2) is 0.768. The molecular weight excluding hydrogens is 80.0 g/mol. The van der Waals surface area contributed by atoms with Crippen LogP contribution in [0.15, 0.2) is 0 Å². The van der Waals surface area contributed by atoms with E-state index in [9.17, 15) is 0 Å². The van der Waals surface area contributed by atoms with Crippen LogP contribution >= 0.6 is 0 Å². The highest BCUT2D eigenvalue weighted by Gasteiger charge is 2.47. The third-order valence-electron chi connectivity index (χ3n) is 1.16. The molecule has 0 aromatic heterocycles. The van der Waals surface area contributed by atoms with Crippen molar-refractivity contribution < 1.29 is 10.2 Å². The predicted molar refractivity (Wildman–Crippen MR) is 21.2 cm³/mol. The molecule has 0 amide bonds. The van der Waals surface area contributed by atoms with E-state index in [4.69, 9.17) is 10.2 Å². The zero-order valence-electron chi connectivity index (χ0n) is 3.68. The second-order valence-electron chi connectivity index (χ2n) is 2.08. The number of aliphatic hydroxyl groups excluding tert-OH is 1. The first-order valence-electron chi connectivity index (χ1n) is 2.03. The Bertz CT molecular complexity index is 67.9. The summed E-state index contributed by atoms with van der Waals surface area (Å²) < 4.78 is 0. The first-order valence-corrected chi connectivity index (χ1v) is 2.03. The van der Waals surface area contributed by atoms with Crippen LogP contribution in [0.1, 0.15) is 13.3 Å². The normalized spacial score (nSPS) is 55.5. The van der Waals surface area contributed by atoms with Gasteiger partial charge in [-0.1, -0.05) is 0 Å². The van der Waals surface area contributed by atoms with Crippen LogP contribution in [-0.4, -0.2) is 21.9 Å². The van der Waals surface area contributed by atoms with Crippen molar-refractivity contribution in [3.63, 3.8) is 0 Å². The fourth-order valence-corrected chi connectivity index (χ4v) is 0.333. The molecule has 2 N–H and O–H groups in total. The van der Waals surface area contributed by atoms with E-state index in [1.165, 1.54) is 0 Å². The van der Waals surface area contributed by atoms with E-state index in [1.807, 2.05) is 0 Å². The van der Waals surface area contributed by atoms with Crippen LogP contribution in [0.25, 0.3) is 0 Å². The summed E-state index contributed by atoms with van der Waals surface area (Å²) in [6.07, 6.45) is 0.102. The van der Waals surface area contributed by atoms with Crippen molar-refractivity contribution in [1.29, 1.82) is 0 Å². The minimum absolute atomic E-state index is 0.447. The van der Waals surface area contributed by atoms with Crippen LogP contribution in [0.5, 0.6) is 0 Å². The third-order valence-corrected chi connectivity index (χ3v) is 1.16. The highest BCUT2D eigenvalue weighted by Crippen LogP contribution is 2.34. The molecule has 0 radical (unpaired) electrons. The topological polar surface area (TPSA) is 40.5 Å². The molecule has 1 aliphatic carbocycles. The van der Waals surface area contributed by atoms with Gasteiger partial charge in [0.15, 0.2) is 0 Å². The summed E-state index contributed by atoms with van der Waals surface area (Å²) in [4.78, 5) is 0.